The molecule has 0 saturated carbocycles. The van der Waals surface area contributed by atoms with Gasteiger partial charge in [-0.05, 0) is 19.1 Å². The summed E-state index contributed by atoms with van der Waals surface area (Å²) < 4.78 is 0. The monoisotopic (exact) mass is 177 g/mol. The van der Waals surface area contributed by atoms with Crippen LogP contribution in [0.4, 0.5) is 0 Å². The first-order chi connectivity index (χ1) is 6.10. The molecule has 0 amide bonds. The third kappa shape index (κ3) is 2.02. The zero-order valence-electron chi connectivity index (χ0n) is 7.36. The second-order valence-electron chi connectivity index (χ2n) is 3.12. The van der Waals surface area contributed by atoms with Gasteiger partial charge in [-0.2, -0.15) is 5.26 Å². The largest absolute Gasteiger partial charge is 0.394 e. The fourth-order valence-electron chi connectivity index (χ4n) is 0.879. The van der Waals surface area contributed by atoms with Gasteiger partial charge in [0, 0.05) is 6.20 Å². The molecule has 13 heavy (non-hydrogen) atoms. The van der Waals surface area contributed by atoms with Gasteiger partial charge in [0.05, 0.1) is 23.4 Å². The van der Waals surface area contributed by atoms with E-state index in [9.17, 15) is 0 Å². The molecule has 0 unspecified atom stereocenters. The minimum absolute atomic E-state index is 0.175. The molecule has 1 rings (SSSR count). The number of rotatable bonds is 2. The van der Waals surface area contributed by atoms with Crippen molar-refractivity contribution in [1.82, 2.24) is 4.98 Å². The van der Waals surface area contributed by atoms with Crippen LogP contribution in [0.2, 0.25) is 0 Å². The van der Waals surface area contributed by atoms with Crippen LogP contribution in [0.5, 0.6) is 0 Å². The SMILES string of the molecule is C[C@](N)(CO)c1ccc(C#N)cn1. The molecule has 1 aromatic rings. The molecule has 1 heterocycles. The van der Waals surface area contributed by atoms with Gasteiger partial charge < -0.3 is 10.8 Å². The second-order valence-corrected chi connectivity index (χ2v) is 3.12. The number of nitriles is 1. The fraction of sp³-hybridized carbons (Fsp3) is 0.333. The molecule has 4 heteroatoms. The predicted octanol–water partition coefficient (Wildman–Crippen LogP) is 0.119. The van der Waals surface area contributed by atoms with E-state index < -0.39 is 5.54 Å². The minimum Gasteiger partial charge on any atom is -0.394 e. The molecule has 4 nitrogen and oxygen atoms in total. The van der Waals surface area contributed by atoms with Crippen LogP contribution >= 0.6 is 0 Å². The minimum atomic E-state index is -0.839. The van der Waals surface area contributed by atoms with Crippen LogP contribution in [-0.4, -0.2) is 16.7 Å². The third-order valence-electron chi connectivity index (χ3n) is 1.81. The molecule has 1 aromatic heterocycles. The predicted molar refractivity (Wildman–Crippen MR) is 47.6 cm³/mol. The van der Waals surface area contributed by atoms with E-state index in [-0.39, 0.29) is 6.61 Å². The van der Waals surface area contributed by atoms with Gasteiger partial charge >= 0.3 is 0 Å². The summed E-state index contributed by atoms with van der Waals surface area (Å²) in [5, 5.41) is 17.5. The van der Waals surface area contributed by atoms with Crippen LogP contribution in [0.3, 0.4) is 0 Å². The Kier molecular flexibility index (Phi) is 2.61. The lowest BCUT2D eigenvalue weighted by Gasteiger charge is -2.20. The number of nitrogens with two attached hydrogens (primary N) is 1. The highest BCUT2D eigenvalue weighted by molar-refractivity contribution is 5.28. The van der Waals surface area contributed by atoms with E-state index in [1.807, 2.05) is 6.07 Å². The number of nitrogens with zero attached hydrogens (tertiary/aromatic N) is 2. The lowest BCUT2D eigenvalue weighted by atomic mass is 10.00. The maximum absolute atomic E-state index is 8.94. The average Bonchev–Trinajstić information content (AvgIpc) is 2.18. The Balaban J connectivity index is 3.00. The summed E-state index contributed by atoms with van der Waals surface area (Å²) in [4.78, 5) is 3.98. The standard InChI is InChI=1S/C9H11N3O/c1-9(11,6-13)8-3-2-7(4-10)5-12-8/h2-3,5,13H,6,11H2,1H3/t9-/m0/s1. The Hall–Kier alpha value is -1.44. The highest BCUT2D eigenvalue weighted by Crippen LogP contribution is 2.13. The maximum Gasteiger partial charge on any atom is 0.101 e. The van der Waals surface area contributed by atoms with Crippen molar-refractivity contribution in [2.75, 3.05) is 6.61 Å². The van der Waals surface area contributed by atoms with E-state index >= 15 is 0 Å². The number of aliphatic hydroxyl groups excluding tert-OH is 1. The molecule has 0 aliphatic rings. The highest BCUT2D eigenvalue weighted by atomic mass is 16.3. The number of aliphatic hydroxyl groups is 1. The summed E-state index contributed by atoms with van der Waals surface area (Å²) in [6.07, 6.45) is 1.44. The molecule has 3 N–H and O–H groups in total. The van der Waals surface area contributed by atoms with E-state index in [1.54, 1.807) is 19.1 Å². The van der Waals surface area contributed by atoms with Crippen molar-refractivity contribution >= 4 is 0 Å². The van der Waals surface area contributed by atoms with Crippen LogP contribution in [0, 0.1) is 11.3 Å². The molecule has 0 aliphatic heterocycles. The van der Waals surface area contributed by atoms with E-state index in [2.05, 4.69) is 4.98 Å². The van der Waals surface area contributed by atoms with Crippen molar-refractivity contribution in [2.24, 2.45) is 5.73 Å². The Morgan fingerprint density at radius 3 is 2.77 bits per heavy atom. The maximum atomic E-state index is 8.94. The number of pyridine rings is 1. The Bertz CT molecular complexity index is 324. The van der Waals surface area contributed by atoms with Crippen molar-refractivity contribution in [3.63, 3.8) is 0 Å². The molecular formula is C9H11N3O. The van der Waals surface area contributed by atoms with Crippen LogP contribution in [0.15, 0.2) is 18.3 Å². The average molecular weight is 177 g/mol. The summed E-state index contributed by atoms with van der Waals surface area (Å²) in [6.45, 7) is 1.51. The second kappa shape index (κ2) is 3.52. The molecule has 1 atom stereocenters. The van der Waals surface area contributed by atoms with E-state index in [1.165, 1.54) is 6.20 Å². The Morgan fingerprint density at radius 2 is 2.38 bits per heavy atom. The number of hydrogen-bond donors (Lipinski definition) is 2. The summed E-state index contributed by atoms with van der Waals surface area (Å²) in [6, 6.07) is 5.23. The van der Waals surface area contributed by atoms with Gasteiger partial charge in [-0.15, -0.1) is 0 Å². The van der Waals surface area contributed by atoms with Crippen molar-refractivity contribution in [2.45, 2.75) is 12.5 Å². The molecular weight excluding hydrogens is 166 g/mol. The van der Waals surface area contributed by atoms with Gasteiger partial charge in [-0.25, -0.2) is 0 Å². The quantitative estimate of drug-likeness (QED) is 0.672. The summed E-state index contributed by atoms with van der Waals surface area (Å²) in [5.41, 5.74) is 5.96. The van der Waals surface area contributed by atoms with Crippen LogP contribution in [0.25, 0.3) is 0 Å². The lowest BCUT2D eigenvalue weighted by molar-refractivity contribution is 0.207. The zero-order valence-corrected chi connectivity index (χ0v) is 7.36. The summed E-state index contributed by atoms with van der Waals surface area (Å²) in [5.74, 6) is 0. The molecule has 0 aliphatic carbocycles. The topological polar surface area (TPSA) is 82.9 Å². The van der Waals surface area contributed by atoms with Crippen molar-refractivity contribution < 1.29 is 5.11 Å². The molecule has 0 saturated heterocycles. The van der Waals surface area contributed by atoms with E-state index in [4.69, 9.17) is 16.1 Å². The highest BCUT2D eigenvalue weighted by Gasteiger charge is 2.20. The smallest absolute Gasteiger partial charge is 0.101 e. The first-order valence-corrected chi connectivity index (χ1v) is 3.86. The van der Waals surface area contributed by atoms with Gasteiger partial charge in [0.1, 0.15) is 6.07 Å². The molecule has 0 fully saturated rings. The van der Waals surface area contributed by atoms with Crippen LogP contribution < -0.4 is 5.73 Å². The van der Waals surface area contributed by atoms with Gasteiger partial charge in [-0.1, -0.05) is 0 Å². The zero-order chi connectivity index (χ0) is 9.90. The van der Waals surface area contributed by atoms with Gasteiger partial charge in [0.15, 0.2) is 0 Å². The van der Waals surface area contributed by atoms with E-state index in [0.717, 1.165) is 0 Å². The van der Waals surface area contributed by atoms with Gasteiger partial charge in [0.2, 0.25) is 0 Å². The van der Waals surface area contributed by atoms with Crippen molar-refractivity contribution in [3.05, 3.63) is 29.6 Å². The summed E-state index contributed by atoms with van der Waals surface area (Å²) >= 11 is 0. The molecule has 68 valence electrons. The van der Waals surface area contributed by atoms with Crippen LogP contribution in [0.1, 0.15) is 18.2 Å². The molecule has 0 bridgehead atoms. The van der Waals surface area contributed by atoms with Crippen molar-refractivity contribution in [3.8, 4) is 6.07 Å². The van der Waals surface area contributed by atoms with E-state index in [0.29, 0.717) is 11.3 Å². The fourth-order valence-corrected chi connectivity index (χ4v) is 0.879. The van der Waals surface area contributed by atoms with Gasteiger partial charge in [-0.3, -0.25) is 4.98 Å². The van der Waals surface area contributed by atoms with Crippen molar-refractivity contribution in [1.29, 1.82) is 5.26 Å². The molecule has 0 aromatic carbocycles. The number of hydrogen-bond acceptors (Lipinski definition) is 4. The first-order valence-electron chi connectivity index (χ1n) is 3.86. The normalized spacial score (nSPS) is 14.6. The summed E-state index contributed by atoms with van der Waals surface area (Å²) in [7, 11) is 0. The molecule has 0 radical (unpaired) electrons. The number of aromatic nitrogens is 1. The molecule has 0 spiro atoms. The Labute approximate surface area is 76.6 Å². The third-order valence-corrected chi connectivity index (χ3v) is 1.81. The lowest BCUT2D eigenvalue weighted by Crippen LogP contribution is -2.37. The Morgan fingerprint density at radius 1 is 1.69 bits per heavy atom. The first kappa shape index (κ1) is 9.65. The van der Waals surface area contributed by atoms with Gasteiger partial charge in [0.25, 0.3) is 0 Å². The van der Waals surface area contributed by atoms with Crippen LogP contribution in [-0.2, 0) is 5.54 Å².